The van der Waals surface area contributed by atoms with Crippen LogP contribution in [0.3, 0.4) is 0 Å². The third-order valence-electron chi connectivity index (χ3n) is 3.17. The van der Waals surface area contributed by atoms with Crippen LogP contribution in [0.1, 0.15) is 13.3 Å². The first-order chi connectivity index (χ1) is 9.25. The third kappa shape index (κ3) is 2.79. The van der Waals surface area contributed by atoms with Gasteiger partial charge >= 0.3 is 5.69 Å². The Balaban J connectivity index is 2.45. The minimum absolute atomic E-state index is 0.412. The summed E-state index contributed by atoms with van der Waals surface area (Å²) in [5, 5.41) is 13.9. The van der Waals surface area contributed by atoms with E-state index in [4.69, 9.17) is 0 Å². The van der Waals surface area contributed by atoms with Gasteiger partial charge in [0.25, 0.3) is 0 Å². The van der Waals surface area contributed by atoms with Gasteiger partial charge in [0.05, 0.1) is 4.92 Å². The zero-order chi connectivity index (χ0) is 15.0. The van der Waals surface area contributed by atoms with Crippen molar-refractivity contribution >= 4 is 15.7 Å². The quantitative estimate of drug-likeness (QED) is 0.632. The monoisotopic (exact) mass is 303 g/mol. The molecule has 1 aliphatic rings. The number of halogens is 1. The van der Waals surface area contributed by atoms with Crippen molar-refractivity contribution in [1.29, 1.82) is 0 Å². The van der Waals surface area contributed by atoms with E-state index in [0.717, 1.165) is 18.2 Å². The SMILES string of the molecule is CC1(NS(=O)(=O)c2cccc(F)c2[N+](=O)[O-])CCNC1. The molecule has 0 aromatic heterocycles. The highest BCUT2D eigenvalue weighted by molar-refractivity contribution is 7.89. The van der Waals surface area contributed by atoms with E-state index in [1.54, 1.807) is 6.92 Å². The molecule has 1 saturated heterocycles. The van der Waals surface area contributed by atoms with E-state index >= 15 is 0 Å². The summed E-state index contributed by atoms with van der Waals surface area (Å²) in [7, 11) is -4.17. The molecule has 1 aromatic carbocycles. The minimum atomic E-state index is -4.17. The maximum Gasteiger partial charge on any atom is 0.324 e. The summed E-state index contributed by atoms with van der Waals surface area (Å²) in [4.78, 5) is 9.18. The molecule has 1 unspecified atom stereocenters. The number of para-hydroxylation sites is 1. The molecule has 0 aliphatic carbocycles. The Morgan fingerprint density at radius 1 is 1.50 bits per heavy atom. The van der Waals surface area contributed by atoms with Crippen molar-refractivity contribution in [3.05, 3.63) is 34.1 Å². The number of nitrogens with one attached hydrogen (secondary N) is 2. The third-order valence-corrected chi connectivity index (χ3v) is 4.84. The highest BCUT2D eigenvalue weighted by Gasteiger charge is 2.37. The molecular weight excluding hydrogens is 289 g/mol. The van der Waals surface area contributed by atoms with Gasteiger partial charge in [-0.15, -0.1) is 0 Å². The molecule has 0 spiro atoms. The number of hydrogen-bond donors (Lipinski definition) is 2. The van der Waals surface area contributed by atoms with Gasteiger partial charge in [-0.1, -0.05) is 6.07 Å². The largest absolute Gasteiger partial charge is 0.324 e. The van der Waals surface area contributed by atoms with Crippen molar-refractivity contribution in [1.82, 2.24) is 10.0 Å². The Hall–Kier alpha value is -1.58. The molecule has 7 nitrogen and oxygen atoms in total. The number of rotatable bonds is 4. The van der Waals surface area contributed by atoms with Gasteiger partial charge in [-0.05, 0) is 32.0 Å². The number of sulfonamides is 1. The summed E-state index contributed by atoms with van der Waals surface area (Å²) in [5.74, 6) is -1.17. The Bertz CT molecular complexity index is 641. The fourth-order valence-electron chi connectivity index (χ4n) is 2.17. The lowest BCUT2D eigenvalue weighted by atomic mass is 10.0. The van der Waals surface area contributed by atoms with Crippen LogP contribution in [-0.2, 0) is 10.0 Å². The maximum atomic E-state index is 13.5. The molecule has 1 heterocycles. The molecule has 1 atom stereocenters. The van der Waals surface area contributed by atoms with E-state index in [9.17, 15) is 22.9 Å². The zero-order valence-corrected chi connectivity index (χ0v) is 11.5. The zero-order valence-electron chi connectivity index (χ0n) is 10.7. The summed E-state index contributed by atoms with van der Waals surface area (Å²) in [6, 6.07) is 3.01. The lowest BCUT2D eigenvalue weighted by molar-refractivity contribution is -0.390. The number of hydrogen-bond acceptors (Lipinski definition) is 5. The molecular formula is C11H14FN3O4S. The Morgan fingerprint density at radius 2 is 2.20 bits per heavy atom. The lowest BCUT2D eigenvalue weighted by Gasteiger charge is -2.23. The molecule has 20 heavy (non-hydrogen) atoms. The Morgan fingerprint density at radius 3 is 2.75 bits per heavy atom. The Kier molecular flexibility index (Phi) is 3.76. The summed E-state index contributed by atoms with van der Waals surface area (Å²) in [6.07, 6.45) is 0.551. The molecule has 0 bridgehead atoms. The smallest absolute Gasteiger partial charge is 0.315 e. The van der Waals surface area contributed by atoms with E-state index in [1.807, 2.05) is 0 Å². The molecule has 2 N–H and O–H groups in total. The second-order valence-corrected chi connectivity index (χ2v) is 6.59. The first-order valence-electron chi connectivity index (χ1n) is 5.93. The van der Waals surface area contributed by atoms with Gasteiger partial charge in [0.1, 0.15) is 0 Å². The predicted molar refractivity (Wildman–Crippen MR) is 69.3 cm³/mol. The van der Waals surface area contributed by atoms with Crippen LogP contribution in [-0.4, -0.2) is 32.0 Å². The molecule has 1 fully saturated rings. The molecule has 0 amide bonds. The van der Waals surface area contributed by atoms with Crippen LogP contribution in [0.4, 0.5) is 10.1 Å². The van der Waals surface area contributed by atoms with Crippen LogP contribution in [0.25, 0.3) is 0 Å². The maximum absolute atomic E-state index is 13.5. The summed E-state index contributed by atoms with van der Waals surface area (Å²) in [5.41, 5.74) is -1.77. The van der Waals surface area contributed by atoms with Crippen LogP contribution >= 0.6 is 0 Å². The first kappa shape index (κ1) is 14.8. The average molecular weight is 303 g/mol. The van der Waals surface area contributed by atoms with Gasteiger partial charge in [0.15, 0.2) is 4.90 Å². The van der Waals surface area contributed by atoms with E-state index in [-0.39, 0.29) is 0 Å². The molecule has 1 aromatic rings. The molecule has 2 rings (SSSR count). The van der Waals surface area contributed by atoms with E-state index in [1.165, 1.54) is 0 Å². The van der Waals surface area contributed by atoms with Crippen LogP contribution in [0, 0.1) is 15.9 Å². The topological polar surface area (TPSA) is 101 Å². The highest BCUT2D eigenvalue weighted by atomic mass is 32.2. The van der Waals surface area contributed by atoms with E-state index < -0.39 is 36.9 Å². The number of nitrogens with zero attached hydrogens (tertiary/aromatic N) is 1. The van der Waals surface area contributed by atoms with Gasteiger partial charge in [-0.2, -0.15) is 4.39 Å². The van der Waals surface area contributed by atoms with Gasteiger partial charge in [0.2, 0.25) is 15.8 Å². The Labute approximate surface area is 115 Å². The molecule has 1 aliphatic heterocycles. The minimum Gasteiger partial charge on any atom is -0.315 e. The normalized spacial score (nSPS) is 22.9. The summed E-state index contributed by atoms with van der Waals surface area (Å²) >= 11 is 0. The fourth-order valence-corrected chi connectivity index (χ4v) is 3.79. The van der Waals surface area contributed by atoms with Crippen molar-refractivity contribution in [3.8, 4) is 0 Å². The number of benzene rings is 1. The fraction of sp³-hybridized carbons (Fsp3) is 0.455. The van der Waals surface area contributed by atoms with E-state index in [2.05, 4.69) is 10.0 Å². The summed E-state index contributed by atoms with van der Waals surface area (Å²) in [6.45, 7) is 2.75. The van der Waals surface area contributed by atoms with Crippen molar-refractivity contribution in [2.75, 3.05) is 13.1 Å². The molecule has 0 radical (unpaired) electrons. The first-order valence-corrected chi connectivity index (χ1v) is 7.41. The van der Waals surface area contributed by atoms with E-state index in [0.29, 0.717) is 19.5 Å². The highest BCUT2D eigenvalue weighted by Crippen LogP contribution is 2.28. The predicted octanol–water partition coefficient (Wildman–Crippen LogP) is 0.764. The van der Waals surface area contributed by atoms with Gasteiger partial charge < -0.3 is 5.32 Å². The van der Waals surface area contributed by atoms with Gasteiger partial charge in [0, 0.05) is 12.1 Å². The van der Waals surface area contributed by atoms with Gasteiger partial charge in [-0.3, -0.25) is 10.1 Å². The van der Waals surface area contributed by atoms with Crippen molar-refractivity contribution in [2.45, 2.75) is 23.8 Å². The second-order valence-electron chi connectivity index (χ2n) is 4.94. The standard InChI is InChI=1S/C11H14FN3O4S/c1-11(5-6-13-7-11)14-20(18,19)9-4-2-3-8(12)10(9)15(16)17/h2-4,13-14H,5-7H2,1H3. The molecule has 110 valence electrons. The number of nitro benzene ring substituents is 1. The van der Waals surface area contributed by atoms with Crippen LogP contribution in [0.15, 0.2) is 23.1 Å². The van der Waals surface area contributed by atoms with Crippen LogP contribution in [0.2, 0.25) is 0 Å². The van der Waals surface area contributed by atoms with Crippen LogP contribution in [0.5, 0.6) is 0 Å². The van der Waals surface area contributed by atoms with Crippen molar-refractivity contribution in [3.63, 3.8) is 0 Å². The number of nitro groups is 1. The molecule has 0 saturated carbocycles. The second kappa shape index (κ2) is 5.08. The van der Waals surface area contributed by atoms with Crippen LogP contribution < -0.4 is 10.0 Å². The van der Waals surface area contributed by atoms with Gasteiger partial charge in [-0.25, -0.2) is 13.1 Å². The summed E-state index contributed by atoms with van der Waals surface area (Å²) < 4.78 is 40.4. The molecule has 9 heteroatoms. The lowest BCUT2D eigenvalue weighted by Crippen LogP contribution is -2.47. The van der Waals surface area contributed by atoms with Crippen molar-refractivity contribution < 1.29 is 17.7 Å². The van der Waals surface area contributed by atoms with Crippen molar-refractivity contribution in [2.24, 2.45) is 0 Å². The average Bonchev–Trinajstić information content (AvgIpc) is 2.73.